The molecule has 26 heavy (non-hydrogen) atoms. The molecule has 5 heteroatoms. The lowest BCUT2D eigenvalue weighted by Crippen LogP contribution is -2.45. The normalized spacial score (nSPS) is 18.5. The van der Waals surface area contributed by atoms with Gasteiger partial charge in [-0.2, -0.15) is 0 Å². The number of ether oxygens (including phenoxy) is 1. The maximum atomic E-state index is 12.2. The predicted molar refractivity (Wildman–Crippen MR) is 101 cm³/mol. The monoisotopic (exact) mass is 352 g/mol. The molecule has 2 aromatic carbocycles. The van der Waals surface area contributed by atoms with Gasteiger partial charge in [0.1, 0.15) is 19.3 Å². The van der Waals surface area contributed by atoms with E-state index in [-0.39, 0.29) is 12.0 Å². The summed E-state index contributed by atoms with van der Waals surface area (Å²) in [5.74, 6) is -0.214. The Kier molecular flexibility index (Phi) is 6.39. The zero-order valence-electron chi connectivity index (χ0n) is 15.0. The minimum Gasteiger partial charge on any atom is -0.460 e. The highest BCUT2D eigenvalue weighted by atomic mass is 16.6. The molecule has 1 heterocycles. The van der Waals surface area contributed by atoms with Gasteiger partial charge in [0.25, 0.3) is 0 Å². The van der Waals surface area contributed by atoms with Gasteiger partial charge in [-0.05, 0) is 30.9 Å². The summed E-state index contributed by atoms with van der Waals surface area (Å²) in [4.78, 5) is 17.6. The number of aryl methyl sites for hydroxylation is 1. The second-order valence-corrected chi connectivity index (χ2v) is 6.49. The van der Waals surface area contributed by atoms with Crippen LogP contribution < -0.4 is 5.32 Å². The van der Waals surface area contributed by atoms with Crippen LogP contribution in [-0.2, 0) is 27.6 Å². The van der Waals surface area contributed by atoms with Crippen molar-refractivity contribution in [2.24, 2.45) is 5.16 Å². The minimum atomic E-state index is -0.283. The fourth-order valence-electron chi connectivity index (χ4n) is 2.85. The summed E-state index contributed by atoms with van der Waals surface area (Å²) < 4.78 is 5.38. The zero-order valence-corrected chi connectivity index (χ0v) is 15.0. The number of esters is 1. The van der Waals surface area contributed by atoms with E-state index >= 15 is 0 Å². The van der Waals surface area contributed by atoms with Gasteiger partial charge in [-0.1, -0.05) is 65.3 Å². The predicted octanol–water partition coefficient (Wildman–Crippen LogP) is 3.36. The molecule has 1 N–H and O–H groups in total. The van der Waals surface area contributed by atoms with Gasteiger partial charge in [-0.25, -0.2) is 0 Å². The first-order valence-electron chi connectivity index (χ1n) is 8.88. The quantitative estimate of drug-likeness (QED) is 0.640. The minimum absolute atomic E-state index is 0.214. The first-order chi connectivity index (χ1) is 12.7. The Labute approximate surface area is 154 Å². The number of carbonyl (C=O) groups is 1. The smallest absolute Gasteiger partial charge is 0.323 e. The molecule has 0 amide bonds. The van der Waals surface area contributed by atoms with E-state index in [2.05, 4.69) is 29.5 Å². The number of piperidine rings is 1. The summed E-state index contributed by atoms with van der Waals surface area (Å²) in [7, 11) is 0. The van der Waals surface area contributed by atoms with Gasteiger partial charge in [-0.3, -0.25) is 10.1 Å². The molecular formula is C21H24N2O3. The van der Waals surface area contributed by atoms with Crippen molar-refractivity contribution in [3.8, 4) is 0 Å². The summed E-state index contributed by atoms with van der Waals surface area (Å²) >= 11 is 0. The van der Waals surface area contributed by atoms with Crippen LogP contribution in [0.3, 0.4) is 0 Å². The molecule has 1 unspecified atom stereocenters. The van der Waals surface area contributed by atoms with Crippen LogP contribution in [0.2, 0.25) is 0 Å². The number of carbonyl (C=O) groups excluding carboxylic acids is 1. The van der Waals surface area contributed by atoms with E-state index in [1.54, 1.807) is 0 Å². The van der Waals surface area contributed by atoms with Crippen molar-refractivity contribution in [1.29, 1.82) is 0 Å². The SMILES string of the molecule is Cc1cccc(CO/N=C2/CCC(C(=O)OCc3ccccc3)NC2)c1. The van der Waals surface area contributed by atoms with Gasteiger partial charge in [0.15, 0.2) is 0 Å². The number of hydrogen-bond acceptors (Lipinski definition) is 5. The standard InChI is InChI=1S/C21H24N2O3/c1-16-6-5-9-18(12-16)15-26-23-19-10-11-20(22-13-19)21(24)25-14-17-7-3-2-4-8-17/h2-9,12,20,22H,10-11,13-15H2,1H3/b23-19-. The Morgan fingerprint density at radius 3 is 2.65 bits per heavy atom. The topological polar surface area (TPSA) is 59.9 Å². The van der Waals surface area contributed by atoms with Crippen LogP contribution in [0.5, 0.6) is 0 Å². The largest absolute Gasteiger partial charge is 0.460 e. The van der Waals surface area contributed by atoms with Gasteiger partial charge >= 0.3 is 5.97 Å². The Hall–Kier alpha value is -2.66. The first-order valence-corrected chi connectivity index (χ1v) is 8.88. The molecule has 0 radical (unpaired) electrons. The van der Waals surface area contributed by atoms with E-state index in [1.165, 1.54) is 5.56 Å². The number of nitrogens with zero attached hydrogens (tertiary/aromatic N) is 1. The highest BCUT2D eigenvalue weighted by molar-refractivity contribution is 5.89. The third-order valence-electron chi connectivity index (χ3n) is 4.29. The molecule has 5 nitrogen and oxygen atoms in total. The fourth-order valence-corrected chi connectivity index (χ4v) is 2.85. The fraction of sp³-hybridized carbons (Fsp3) is 0.333. The van der Waals surface area contributed by atoms with Crippen LogP contribution in [0.25, 0.3) is 0 Å². The molecule has 0 aromatic heterocycles. The van der Waals surface area contributed by atoms with E-state index < -0.39 is 0 Å². The van der Waals surface area contributed by atoms with Crippen LogP contribution in [-0.4, -0.2) is 24.3 Å². The maximum Gasteiger partial charge on any atom is 0.323 e. The van der Waals surface area contributed by atoms with E-state index in [9.17, 15) is 4.79 Å². The summed E-state index contributed by atoms with van der Waals surface area (Å²) in [6.07, 6.45) is 1.40. The molecule has 1 atom stereocenters. The number of rotatable bonds is 6. The number of oxime groups is 1. The highest BCUT2D eigenvalue weighted by Gasteiger charge is 2.25. The molecule has 1 aliphatic rings. The average molecular weight is 352 g/mol. The van der Waals surface area contributed by atoms with Crippen LogP contribution >= 0.6 is 0 Å². The molecule has 0 spiro atoms. The lowest BCUT2D eigenvalue weighted by Gasteiger charge is -2.23. The number of hydrogen-bond donors (Lipinski definition) is 1. The third-order valence-corrected chi connectivity index (χ3v) is 4.29. The number of nitrogens with one attached hydrogen (secondary N) is 1. The number of benzene rings is 2. The van der Waals surface area contributed by atoms with Gasteiger partial charge in [0, 0.05) is 6.54 Å². The molecule has 0 aliphatic carbocycles. The van der Waals surface area contributed by atoms with E-state index in [1.807, 2.05) is 42.5 Å². The molecular weight excluding hydrogens is 328 g/mol. The molecule has 1 saturated heterocycles. The second kappa shape index (κ2) is 9.15. The van der Waals surface area contributed by atoms with Gasteiger partial charge in [0.05, 0.1) is 5.71 Å². The summed E-state index contributed by atoms with van der Waals surface area (Å²) in [6, 6.07) is 17.6. The van der Waals surface area contributed by atoms with Crippen molar-refractivity contribution in [2.45, 2.75) is 39.0 Å². The second-order valence-electron chi connectivity index (χ2n) is 6.49. The molecule has 1 fully saturated rings. The van der Waals surface area contributed by atoms with Crippen molar-refractivity contribution < 1.29 is 14.4 Å². The Balaban J connectivity index is 1.39. The summed E-state index contributed by atoms with van der Waals surface area (Å²) in [6.45, 7) is 3.35. The van der Waals surface area contributed by atoms with E-state index in [0.29, 0.717) is 26.2 Å². The molecule has 0 bridgehead atoms. The van der Waals surface area contributed by atoms with Crippen molar-refractivity contribution >= 4 is 11.7 Å². The van der Waals surface area contributed by atoms with Crippen molar-refractivity contribution in [1.82, 2.24) is 5.32 Å². The lowest BCUT2D eigenvalue weighted by molar-refractivity contribution is -0.147. The van der Waals surface area contributed by atoms with Crippen molar-refractivity contribution in [3.05, 3.63) is 71.3 Å². The van der Waals surface area contributed by atoms with Gasteiger partial charge in [-0.15, -0.1) is 0 Å². The van der Waals surface area contributed by atoms with Crippen molar-refractivity contribution in [3.63, 3.8) is 0 Å². The van der Waals surface area contributed by atoms with Crippen molar-refractivity contribution in [2.75, 3.05) is 6.54 Å². The van der Waals surface area contributed by atoms with Gasteiger partial charge < -0.3 is 9.57 Å². The van der Waals surface area contributed by atoms with Crippen LogP contribution in [0, 0.1) is 6.92 Å². The van der Waals surface area contributed by atoms with Gasteiger partial charge in [0.2, 0.25) is 0 Å². The van der Waals surface area contributed by atoms with E-state index in [0.717, 1.165) is 23.3 Å². The highest BCUT2D eigenvalue weighted by Crippen LogP contribution is 2.11. The molecule has 2 aromatic rings. The Bertz CT molecular complexity index is 749. The van der Waals surface area contributed by atoms with Crippen LogP contribution in [0.1, 0.15) is 29.5 Å². The molecule has 1 aliphatic heterocycles. The first kappa shape index (κ1) is 18.1. The summed E-state index contributed by atoms with van der Waals surface area (Å²) in [5, 5.41) is 7.38. The maximum absolute atomic E-state index is 12.2. The molecule has 0 saturated carbocycles. The average Bonchev–Trinajstić information content (AvgIpc) is 2.67. The Morgan fingerprint density at radius 1 is 1.12 bits per heavy atom. The van der Waals surface area contributed by atoms with E-state index in [4.69, 9.17) is 9.57 Å². The van der Waals surface area contributed by atoms with Crippen LogP contribution in [0.15, 0.2) is 59.8 Å². The van der Waals surface area contributed by atoms with Crippen LogP contribution in [0.4, 0.5) is 0 Å². The molecule has 3 rings (SSSR count). The Morgan fingerprint density at radius 2 is 1.92 bits per heavy atom. The molecule has 136 valence electrons. The third kappa shape index (κ3) is 5.43. The lowest BCUT2D eigenvalue weighted by atomic mass is 10.0. The zero-order chi connectivity index (χ0) is 18.2. The summed E-state index contributed by atoms with van der Waals surface area (Å²) in [5.41, 5.74) is 4.21.